The Balaban J connectivity index is 1.99. The molecule has 2 aromatic rings. The summed E-state index contributed by atoms with van der Waals surface area (Å²) in [5.41, 5.74) is 5.62. The third-order valence-corrected chi connectivity index (χ3v) is 4.27. The van der Waals surface area contributed by atoms with Crippen molar-refractivity contribution < 1.29 is 0 Å². The van der Waals surface area contributed by atoms with E-state index in [0.29, 0.717) is 0 Å². The summed E-state index contributed by atoms with van der Waals surface area (Å²) < 4.78 is 2.31. The van der Waals surface area contributed by atoms with Crippen LogP contribution in [0.2, 0.25) is 0 Å². The number of hydrogen-bond acceptors (Lipinski definition) is 1. The minimum Gasteiger partial charge on any atom is -0.304 e. The standard InChI is InChI=1S/C14H16N2/c1-9-8-12-11(10-2-3-10)4-5-13(12)16-7-6-15-14(9)16/h6-8,10-11H,2-5H2,1H3. The molecule has 1 saturated carbocycles. The summed E-state index contributed by atoms with van der Waals surface area (Å²) in [6, 6.07) is 2.40. The molecular formula is C14H16N2. The first kappa shape index (κ1) is 8.80. The molecule has 2 aliphatic rings. The van der Waals surface area contributed by atoms with E-state index < -0.39 is 0 Å². The van der Waals surface area contributed by atoms with Crippen LogP contribution in [0.25, 0.3) is 5.65 Å². The summed E-state index contributed by atoms with van der Waals surface area (Å²) in [6.07, 6.45) is 9.54. The quantitative estimate of drug-likeness (QED) is 0.710. The first-order chi connectivity index (χ1) is 7.84. The normalized spacial score (nSPS) is 23.9. The van der Waals surface area contributed by atoms with Gasteiger partial charge in [-0.2, -0.15) is 0 Å². The van der Waals surface area contributed by atoms with Gasteiger partial charge in [-0.3, -0.25) is 0 Å². The zero-order chi connectivity index (χ0) is 10.7. The van der Waals surface area contributed by atoms with Crippen LogP contribution in [0.4, 0.5) is 0 Å². The highest BCUT2D eigenvalue weighted by Crippen LogP contribution is 2.49. The average molecular weight is 212 g/mol. The summed E-state index contributed by atoms with van der Waals surface area (Å²) in [6.45, 7) is 2.19. The molecule has 1 fully saturated rings. The summed E-state index contributed by atoms with van der Waals surface area (Å²) in [5.74, 6) is 1.84. The molecule has 0 radical (unpaired) electrons. The van der Waals surface area contributed by atoms with E-state index in [1.54, 1.807) is 5.56 Å². The van der Waals surface area contributed by atoms with E-state index in [1.807, 2.05) is 6.20 Å². The van der Waals surface area contributed by atoms with Gasteiger partial charge in [-0.05, 0) is 55.6 Å². The lowest BCUT2D eigenvalue weighted by molar-refractivity contribution is 0.600. The molecule has 2 heterocycles. The minimum atomic E-state index is 0.848. The smallest absolute Gasteiger partial charge is 0.139 e. The Labute approximate surface area is 95.3 Å². The number of aryl methyl sites for hydroxylation is 2. The Morgan fingerprint density at radius 1 is 1.31 bits per heavy atom. The van der Waals surface area contributed by atoms with Crippen molar-refractivity contribution in [2.24, 2.45) is 5.92 Å². The van der Waals surface area contributed by atoms with Gasteiger partial charge in [0.05, 0.1) is 0 Å². The van der Waals surface area contributed by atoms with Gasteiger partial charge in [0, 0.05) is 18.1 Å². The van der Waals surface area contributed by atoms with Crippen LogP contribution in [0.15, 0.2) is 18.5 Å². The van der Waals surface area contributed by atoms with Crippen LogP contribution < -0.4 is 0 Å². The molecule has 0 N–H and O–H groups in total. The highest BCUT2D eigenvalue weighted by Gasteiger charge is 2.37. The highest BCUT2D eigenvalue weighted by molar-refractivity contribution is 5.53. The molecule has 0 aromatic carbocycles. The lowest BCUT2D eigenvalue weighted by Gasteiger charge is -2.12. The predicted octanol–water partition coefficient (Wildman–Crippen LogP) is 3.08. The molecule has 82 valence electrons. The Hall–Kier alpha value is -1.31. The Bertz CT molecular complexity index is 563. The van der Waals surface area contributed by atoms with Gasteiger partial charge in [0.1, 0.15) is 5.65 Å². The third-order valence-electron chi connectivity index (χ3n) is 4.27. The molecule has 2 aromatic heterocycles. The van der Waals surface area contributed by atoms with Crippen LogP contribution in [-0.2, 0) is 6.42 Å². The molecule has 16 heavy (non-hydrogen) atoms. The number of pyridine rings is 1. The number of hydrogen-bond donors (Lipinski definition) is 0. The molecular weight excluding hydrogens is 196 g/mol. The minimum absolute atomic E-state index is 0.848. The maximum absolute atomic E-state index is 4.44. The topological polar surface area (TPSA) is 17.3 Å². The zero-order valence-electron chi connectivity index (χ0n) is 9.61. The second-order valence-electron chi connectivity index (χ2n) is 5.33. The Morgan fingerprint density at radius 2 is 2.19 bits per heavy atom. The molecule has 1 unspecified atom stereocenters. The average Bonchev–Trinajstić information content (AvgIpc) is 2.85. The number of nitrogens with zero attached hydrogens (tertiary/aromatic N) is 2. The van der Waals surface area contributed by atoms with Crippen LogP contribution in [0.5, 0.6) is 0 Å². The van der Waals surface area contributed by atoms with Gasteiger partial charge in [0.2, 0.25) is 0 Å². The van der Waals surface area contributed by atoms with Crippen molar-refractivity contribution >= 4 is 5.65 Å². The molecule has 0 aliphatic heterocycles. The maximum atomic E-state index is 4.44. The van der Waals surface area contributed by atoms with Gasteiger partial charge in [-0.15, -0.1) is 0 Å². The monoisotopic (exact) mass is 212 g/mol. The third kappa shape index (κ3) is 1.05. The van der Waals surface area contributed by atoms with E-state index in [-0.39, 0.29) is 0 Å². The number of aromatic nitrogens is 2. The number of fused-ring (bicyclic) bond motifs is 3. The number of imidazole rings is 1. The summed E-state index contributed by atoms with van der Waals surface area (Å²) in [7, 11) is 0. The Morgan fingerprint density at radius 3 is 3.00 bits per heavy atom. The van der Waals surface area contributed by atoms with Gasteiger partial charge >= 0.3 is 0 Å². The molecule has 1 atom stereocenters. The SMILES string of the molecule is Cc1cc2c(n3ccnc13)CCC2C1CC1. The van der Waals surface area contributed by atoms with Crippen molar-refractivity contribution in [1.29, 1.82) is 0 Å². The molecule has 0 saturated heterocycles. The molecule has 2 heteroatoms. The van der Waals surface area contributed by atoms with Crippen molar-refractivity contribution in [3.8, 4) is 0 Å². The maximum Gasteiger partial charge on any atom is 0.139 e. The van der Waals surface area contributed by atoms with Gasteiger partial charge < -0.3 is 4.40 Å². The van der Waals surface area contributed by atoms with Gasteiger partial charge in [-0.1, -0.05) is 6.07 Å². The van der Waals surface area contributed by atoms with E-state index in [4.69, 9.17) is 0 Å². The van der Waals surface area contributed by atoms with Gasteiger partial charge in [0.15, 0.2) is 0 Å². The predicted molar refractivity (Wildman–Crippen MR) is 63.7 cm³/mol. The molecule has 2 aliphatic carbocycles. The van der Waals surface area contributed by atoms with Crippen LogP contribution in [0.1, 0.15) is 42.0 Å². The molecule has 4 rings (SSSR count). The van der Waals surface area contributed by atoms with Crippen LogP contribution >= 0.6 is 0 Å². The largest absolute Gasteiger partial charge is 0.304 e. The van der Waals surface area contributed by atoms with E-state index >= 15 is 0 Å². The first-order valence-corrected chi connectivity index (χ1v) is 6.30. The number of rotatable bonds is 1. The molecule has 0 spiro atoms. The molecule has 0 amide bonds. The van der Waals surface area contributed by atoms with Gasteiger partial charge in [-0.25, -0.2) is 4.98 Å². The second-order valence-corrected chi connectivity index (χ2v) is 5.33. The van der Waals surface area contributed by atoms with Crippen molar-refractivity contribution in [2.45, 2.75) is 38.5 Å². The van der Waals surface area contributed by atoms with Crippen LogP contribution in [0, 0.1) is 12.8 Å². The second kappa shape index (κ2) is 2.88. The lowest BCUT2D eigenvalue weighted by atomic mass is 9.96. The van der Waals surface area contributed by atoms with E-state index in [2.05, 4.69) is 28.6 Å². The lowest BCUT2D eigenvalue weighted by Crippen LogP contribution is -2.00. The summed E-state index contributed by atoms with van der Waals surface area (Å²) in [4.78, 5) is 4.44. The fourth-order valence-electron chi connectivity index (χ4n) is 3.36. The van der Waals surface area contributed by atoms with E-state index in [0.717, 1.165) is 17.5 Å². The van der Waals surface area contributed by atoms with Crippen LogP contribution in [0.3, 0.4) is 0 Å². The Kier molecular flexibility index (Phi) is 1.58. The van der Waals surface area contributed by atoms with Gasteiger partial charge in [0.25, 0.3) is 0 Å². The van der Waals surface area contributed by atoms with Crippen molar-refractivity contribution in [3.63, 3.8) is 0 Å². The first-order valence-electron chi connectivity index (χ1n) is 6.30. The van der Waals surface area contributed by atoms with Crippen molar-refractivity contribution in [3.05, 3.63) is 35.3 Å². The fraction of sp³-hybridized carbons (Fsp3) is 0.500. The fourth-order valence-corrected chi connectivity index (χ4v) is 3.36. The van der Waals surface area contributed by atoms with Crippen LogP contribution in [-0.4, -0.2) is 9.38 Å². The highest BCUT2D eigenvalue weighted by atomic mass is 15.0. The van der Waals surface area contributed by atoms with E-state index in [9.17, 15) is 0 Å². The summed E-state index contributed by atoms with van der Waals surface area (Å²) >= 11 is 0. The molecule has 0 bridgehead atoms. The van der Waals surface area contributed by atoms with Crippen molar-refractivity contribution in [2.75, 3.05) is 0 Å². The molecule has 2 nitrogen and oxygen atoms in total. The van der Waals surface area contributed by atoms with Crippen molar-refractivity contribution in [1.82, 2.24) is 9.38 Å². The van der Waals surface area contributed by atoms with E-state index in [1.165, 1.54) is 36.9 Å². The zero-order valence-corrected chi connectivity index (χ0v) is 9.61. The summed E-state index contributed by atoms with van der Waals surface area (Å²) in [5, 5.41) is 0.